The molecule has 1 fully saturated rings. The first kappa shape index (κ1) is 20.5. The fourth-order valence-corrected chi connectivity index (χ4v) is 4.31. The maximum absolute atomic E-state index is 13.5. The zero-order valence-electron chi connectivity index (χ0n) is 17.7. The molecule has 1 aromatic carbocycles. The quantitative estimate of drug-likeness (QED) is 0.593. The van der Waals surface area contributed by atoms with Crippen LogP contribution in [0, 0.1) is 6.92 Å². The largest absolute Gasteiger partial charge is 0.503 e. The van der Waals surface area contributed by atoms with Crippen LogP contribution in [-0.4, -0.2) is 66.0 Å². The Bertz CT molecular complexity index is 1170. The molecule has 2 aliphatic heterocycles. The minimum absolute atomic E-state index is 0.0228. The Kier molecular flexibility index (Phi) is 5.32. The number of hydrogen-bond donors (Lipinski definition) is 1. The zero-order chi connectivity index (χ0) is 22.2. The zero-order valence-corrected chi connectivity index (χ0v) is 17.7. The second-order valence-corrected chi connectivity index (χ2v) is 8.04. The number of aryl methyl sites for hydroxylation is 1. The number of carbonyl (C=O) groups is 2. The molecule has 0 aliphatic carbocycles. The number of para-hydroxylation sites is 1. The Morgan fingerprint density at radius 1 is 1.09 bits per heavy atom. The summed E-state index contributed by atoms with van der Waals surface area (Å²) in [6.07, 6.45) is 0. The summed E-state index contributed by atoms with van der Waals surface area (Å²) in [6, 6.07) is 11.6. The lowest BCUT2D eigenvalue weighted by Gasteiger charge is -2.30. The number of nitrogens with zero attached hydrogens (tertiary/aromatic N) is 2. The van der Waals surface area contributed by atoms with E-state index in [0.29, 0.717) is 43.4 Å². The second kappa shape index (κ2) is 8.29. The van der Waals surface area contributed by atoms with Crippen molar-refractivity contribution in [2.45, 2.75) is 13.0 Å². The van der Waals surface area contributed by atoms with Gasteiger partial charge < -0.3 is 23.6 Å². The molecule has 166 valence electrons. The molecule has 1 N–H and O–H groups in total. The second-order valence-electron chi connectivity index (χ2n) is 8.04. The van der Waals surface area contributed by atoms with Crippen LogP contribution in [0.3, 0.4) is 0 Å². The molecule has 8 nitrogen and oxygen atoms in total. The van der Waals surface area contributed by atoms with Gasteiger partial charge >= 0.3 is 0 Å². The van der Waals surface area contributed by atoms with Crippen molar-refractivity contribution in [3.63, 3.8) is 0 Å². The Morgan fingerprint density at radius 3 is 2.59 bits per heavy atom. The highest BCUT2D eigenvalue weighted by Gasteiger charge is 2.46. The summed E-state index contributed by atoms with van der Waals surface area (Å²) < 4.78 is 16.9. The van der Waals surface area contributed by atoms with Crippen molar-refractivity contribution >= 4 is 22.7 Å². The lowest BCUT2D eigenvalue weighted by molar-refractivity contribution is -0.130. The van der Waals surface area contributed by atoms with Crippen molar-refractivity contribution in [2.24, 2.45) is 0 Å². The number of Topliss-reactive ketones (excluding diaryl/α,β-unsaturated/α-hetero) is 1. The summed E-state index contributed by atoms with van der Waals surface area (Å²) in [6.45, 7) is 5.58. The van der Waals surface area contributed by atoms with E-state index in [1.807, 2.05) is 18.2 Å². The van der Waals surface area contributed by atoms with Crippen LogP contribution in [0.25, 0.3) is 11.0 Å². The van der Waals surface area contributed by atoms with Gasteiger partial charge in [-0.2, -0.15) is 0 Å². The van der Waals surface area contributed by atoms with Crippen LogP contribution in [0.15, 0.2) is 62.6 Å². The van der Waals surface area contributed by atoms with Gasteiger partial charge in [-0.25, -0.2) is 0 Å². The summed E-state index contributed by atoms with van der Waals surface area (Å²) in [7, 11) is 0. The van der Waals surface area contributed by atoms with Crippen LogP contribution in [0.1, 0.15) is 28.1 Å². The number of aliphatic hydroxyl groups excluding tert-OH is 1. The van der Waals surface area contributed by atoms with Gasteiger partial charge in [0.1, 0.15) is 23.1 Å². The van der Waals surface area contributed by atoms with Crippen molar-refractivity contribution in [3.05, 3.63) is 71.1 Å². The van der Waals surface area contributed by atoms with E-state index in [1.165, 1.54) is 4.90 Å². The van der Waals surface area contributed by atoms with Crippen molar-refractivity contribution in [1.29, 1.82) is 0 Å². The number of benzene rings is 1. The van der Waals surface area contributed by atoms with Crippen LogP contribution in [-0.2, 0) is 9.53 Å². The van der Waals surface area contributed by atoms with Gasteiger partial charge in [0.2, 0.25) is 5.78 Å². The fraction of sp³-hybridized carbons (Fsp3) is 0.333. The molecule has 2 aliphatic rings. The molecule has 0 spiro atoms. The minimum Gasteiger partial charge on any atom is -0.503 e. The Hall–Kier alpha value is -3.36. The first-order valence-electron chi connectivity index (χ1n) is 10.7. The predicted molar refractivity (Wildman–Crippen MR) is 115 cm³/mol. The molecule has 1 atom stereocenters. The number of hydrogen-bond acceptors (Lipinski definition) is 7. The number of amides is 1. The summed E-state index contributed by atoms with van der Waals surface area (Å²) in [5.74, 6) is -0.513. The van der Waals surface area contributed by atoms with Gasteiger partial charge in [-0.3, -0.25) is 14.5 Å². The van der Waals surface area contributed by atoms with E-state index in [9.17, 15) is 14.7 Å². The Morgan fingerprint density at radius 2 is 1.88 bits per heavy atom. The van der Waals surface area contributed by atoms with Crippen molar-refractivity contribution in [1.82, 2.24) is 9.80 Å². The molecule has 0 radical (unpaired) electrons. The fourth-order valence-electron chi connectivity index (χ4n) is 4.31. The number of furan rings is 2. The molecule has 8 heteroatoms. The molecule has 0 bridgehead atoms. The molecule has 0 saturated carbocycles. The molecule has 1 amide bonds. The van der Waals surface area contributed by atoms with Crippen LogP contribution >= 0.6 is 0 Å². The highest BCUT2D eigenvalue weighted by atomic mass is 16.5. The number of ether oxygens (including phenoxy) is 1. The van der Waals surface area contributed by atoms with Crippen LogP contribution < -0.4 is 0 Å². The lowest BCUT2D eigenvalue weighted by atomic mass is 9.99. The maximum atomic E-state index is 13.5. The number of morpholine rings is 1. The smallest absolute Gasteiger partial charge is 0.290 e. The van der Waals surface area contributed by atoms with Gasteiger partial charge in [-0.15, -0.1) is 0 Å². The standard InChI is InChI=1S/C24H24N2O6/c1-15-6-7-18(31-15)21-20(22(27)19-14-16-4-2-3-5-17(16)32-19)23(28)24(29)26(21)9-8-25-10-12-30-13-11-25/h2-7,14,21,28H,8-13H2,1H3/t21-/m1/s1. The number of fused-ring (bicyclic) bond motifs is 1. The van der Waals surface area contributed by atoms with Gasteiger partial charge in [0.25, 0.3) is 5.91 Å². The van der Waals surface area contributed by atoms with Crippen LogP contribution in [0.5, 0.6) is 0 Å². The highest BCUT2D eigenvalue weighted by molar-refractivity contribution is 6.15. The van der Waals surface area contributed by atoms with Gasteiger partial charge in [0, 0.05) is 31.6 Å². The molecule has 2 aromatic heterocycles. The number of carbonyl (C=O) groups excluding carboxylic acids is 2. The molecule has 4 heterocycles. The molecule has 1 saturated heterocycles. The van der Waals surface area contributed by atoms with E-state index in [1.54, 1.807) is 31.2 Å². The average molecular weight is 436 g/mol. The first-order chi connectivity index (χ1) is 15.5. The third-order valence-corrected chi connectivity index (χ3v) is 5.99. The topological polar surface area (TPSA) is 96.4 Å². The van der Waals surface area contributed by atoms with Gasteiger partial charge in [-0.1, -0.05) is 18.2 Å². The minimum atomic E-state index is -0.821. The van der Waals surface area contributed by atoms with E-state index in [0.717, 1.165) is 18.5 Å². The molecule has 5 rings (SSSR count). The average Bonchev–Trinajstić information content (AvgIpc) is 3.49. The van der Waals surface area contributed by atoms with Crippen LogP contribution in [0.4, 0.5) is 0 Å². The first-order valence-corrected chi connectivity index (χ1v) is 10.7. The van der Waals surface area contributed by atoms with Crippen molar-refractivity contribution < 1.29 is 28.3 Å². The molecule has 3 aromatic rings. The normalized spacial score (nSPS) is 20.0. The summed E-state index contributed by atoms with van der Waals surface area (Å²) in [5, 5.41) is 11.5. The third-order valence-electron chi connectivity index (χ3n) is 5.99. The van der Waals surface area contributed by atoms with E-state index < -0.39 is 23.5 Å². The maximum Gasteiger partial charge on any atom is 0.290 e. The summed E-state index contributed by atoms with van der Waals surface area (Å²) in [5.41, 5.74) is 0.542. The van der Waals surface area contributed by atoms with E-state index in [2.05, 4.69) is 4.90 Å². The molecule has 32 heavy (non-hydrogen) atoms. The summed E-state index contributed by atoms with van der Waals surface area (Å²) >= 11 is 0. The van der Waals surface area contributed by atoms with Crippen LogP contribution in [0.2, 0.25) is 0 Å². The number of ketones is 1. The number of rotatable bonds is 6. The van der Waals surface area contributed by atoms with Gasteiger partial charge in [0.05, 0.1) is 18.8 Å². The molecular weight excluding hydrogens is 412 g/mol. The SMILES string of the molecule is Cc1ccc([C@@H]2C(C(=O)c3cc4ccccc4o3)=C(O)C(=O)N2CCN2CCOCC2)o1. The van der Waals surface area contributed by atoms with Gasteiger partial charge in [0.15, 0.2) is 11.5 Å². The molecular formula is C24H24N2O6. The Labute approximate surface area is 184 Å². The Balaban J connectivity index is 1.49. The summed E-state index contributed by atoms with van der Waals surface area (Å²) in [4.78, 5) is 30.2. The van der Waals surface area contributed by atoms with E-state index in [4.69, 9.17) is 13.6 Å². The van der Waals surface area contributed by atoms with Crippen molar-refractivity contribution in [3.8, 4) is 0 Å². The monoisotopic (exact) mass is 436 g/mol. The third kappa shape index (κ3) is 3.61. The highest BCUT2D eigenvalue weighted by Crippen LogP contribution is 2.40. The van der Waals surface area contributed by atoms with E-state index in [-0.39, 0.29) is 11.3 Å². The van der Waals surface area contributed by atoms with Gasteiger partial charge in [-0.05, 0) is 31.2 Å². The predicted octanol–water partition coefficient (Wildman–Crippen LogP) is 3.24. The molecule has 0 unspecified atom stereocenters. The van der Waals surface area contributed by atoms with E-state index >= 15 is 0 Å². The number of aliphatic hydroxyl groups is 1. The van der Waals surface area contributed by atoms with Crippen molar-refractivity contribution in [2.75, 3.05) is 39.4 Å². The lowest BCUT2D eigenvalue weighted by Crippen LogP contribution is -2.43.